The minimum atomic E-state index is 1.07. The molecule has 2 aromatic heterocycles. The second-order valence-corrected chi connectivity index (χ2v) is 3.54. The molecule has 3 aromatic rings. The monoisotopic (exact) mass is 210 g/mol. The predicted octanol–water partition coefficient (Wildman–Crippen LogP) is 3.56. The van der Waals surface area contributed by atoms with Gasteiger partial charge in [-0.25, -0.2) is 0 Å². The standard InChI is InChI=1S/C8H7N.C6H7N/c1-2-4-8-7(3-1)5-6-9-8;1-6-4-2-3-5-7-6/h1-6,9H;2-5H,1H3. The van der Waals surface area contributed by atoms with Crippen LogP contribution >= 0.6 is 0 Å². The molecular formula is C14H14N2. The third kappa shape index (κ3) is 2.70. The Bertz CT molecular complexity index is 510. The number of hydrogen-bond donors (Lipinski definition) is 1. The minimum Gasteiger partial charge on any atom is -0.361 e. The third-order valence-electron chi connectivity index (χ3n) is 2.28. The van der Waals surface area contributed by atoms with Crippen molar-refractivity contribution in [2.24, 2.45) is 0 Å². The second kappa shape index (κ2) is 5.12. The highest BCUT2D eigenvalue weighted by molar-refractivity contribution is 5.78. The Morgan fingerprint density at radius 1 is 0.938 bits per heavy atom. The van der Waals surface area contributed by atoms with E-state index in [1.807, 2.05) is 43.5 Å². The summed E-state index contributed by atoms with van der Waals surface area (Å²) in [4.78, 5) is 7.10. The van der Waals surface area contributed by atoms with Crippen LogP contribution in [0.2, 0.25) is 0 Å². The van der Waals surface area contributed by atoms with Crippen molar-refractivity contribution in [3.63, 3.8) is 0 Å². The van der Waals surface area contributed by atoms with Crippen LogP contribution in [0.4, 0.5) is 0 Å². The van der Waals surface area contributed by atoms with Gasteiger partial charge in [-0.05, 0) is 36.6 Å². The molecule has 1 aromatic carbocycles. The van der Waals surface area contributed by atoms with Gasteiger partial charge in [0.25, 0.3) is 0 Å². The zero-order chi connectivity index (χ0) is 11.2. The van der Waals surface area contributed by atoms with E-state index in [4.69, 9.17) is 0 Å². The van der Waals surface area contributed by atoms with E-state index in [1.165, 1.54) is 10.9 Å². The van der Waals surface area contributed by atoms with Crippen LogP contribution in [0.5, 0.6) is 0 Å². The van der Waals surface area contributed by atoms with Gasteiger partial charge in [0.1, 0.15) is 0 Å². The molecule has 0 amide bonds. The van der Waals surface area contributed by atoms with Crippen molar-refractivity contribution in [2.75, 3.05) is 0 Å². The van der Waals surface area contributed by atoms with E-state index in [1.54, 1.807) is 6.20 Å². The van der Waals surface area contributed by atoms with Crippen LogP contribution in [-0.4, -0.2) is 9.97 Å². The molecule has 0 spiro atoms. The molecule has 0 aliphatic carbocycles. The molecule has 2 heterocycles. The summed E-state index contributed by atoms with van der Waals surface area (Å²) in [7, 11) is 0. The summed E-state index contributed by atoms with van der Waals surface area (Å²) in [5.41, 5.74) is 2.28. The van der Waals surface area contributed by atoms with Crippen molar-refractivity contribution in [3.05, 3.63) is 66.6 Å². The maximum absolute atomic E-state index is 3.98. The van der Waals surface area contributed by atoms with Crippen molar-refractivity contribution < 1.29 is 0 Å². The summed E-state index contributed by atoms with van der Waals surface area (Å²) in [6, 6.07) is 16.1. The first-order chi connectivity index (χ1) is 7.86. The number of aromatic amines is 1. The van der Waals surface area contributed by atoms with Crippen LogP contribution in [0.1, 0.15) is 5.69 Å². The molecule has 0 saturated carbocycles. The number of nitrogens with zero attached hydrogens (tertiary/aromatic N) is 1. The average molecular weight is 210 g/mol. The van der Waals surface area contributed by atoms with Crippen LogP contribution in [0.3, 0.4) is 0 Å². The number of pyridine rings is 1. The van der Waals surface area contributed by atoms with Gasteiger partial charge >= 0.3 is 0 Å². The lowest BCUT2D eigenvalue weighted by Gasteiger charge is -1.83. The maximum Gasteiger partial charge on any atom is 0.0453 e. The average Bonchev–Trinajstić information content (AvgIpc) is 2.79. The van der Waals surface area contributed by atoms with E-state index < -0.39 is 0 Å². The highest BCUT2D eigenvalue weighted by Crippen LogP contribution is 2.09. The normalized spacial score (nSPS) is 9.56. The Labute approximate surface area is 95.0 Å². The molecule has 0 fully saturated rings. The van der Waals surface area contributed by atoms with Crippen LogP contribution < -0.4 is 0 Å². The number of aryl methyl sites for hydroxylation is 1. The zero-order valence-corrected chi connectivity index (χ0v) is 9.22. The van der Waals surface area contributed by atoms with E-state index >= 15 is 0 Å². The van der Waals surface area contributed by atoms with Gasteiger partial charge in [0.15, 0.2) is 0 Å². The van der Waals surface area contributed by atoms with Crippen molar-refractivity contribution in [2.45, 2.75) is 6.92 Å². The van der Waals surface area contributed by atoms with Gasteiger partial charge in [-0.1, -0.05) is 24.3 Å². The summed E-state index contributed by atoms with van der Waals surface area (Å²) in [5.74, 6) is 0. The van der Waals surface area contributed by atoms with Crippen LogP contribution in [0, 0.1) is 6.92 Å². The van der Waals surface area contributed by atoms with Gasteiger partial charge < -0.3 is 4.98 Å². The SMILES string of the molecule is Cc1ccccn1.c1ccc2[nH]ccc2c1. The molecule has 0 radical (unpaired) electrons. The summed E-state index contributed by atoms with van der Waals surface area (Å²) in [5, 5.41) is 1.28. The topological polar surface area (TPSA) is 28.7 Å². The molecular weight excluding hydrogens is 196 g/mol. The fourth-order valence-electron chi connectivity index (χ4n) is 1.44. The Kier molecular flexibility index (Phi) is 3.34. The summed E-state index contributed by atoms with van der Waals surface area (Å²) in [6.07, 6.45) is 3.74. The first-order valence-electron chi connectivity index (χ1n) is 5.26. The van der Waals surface area contributed by atoms with E-state index in [0.717, 1.165) is 5.69 Å². The molecule has 80 valence electrons. The molecule has 1 N–H and O–H groups in total. The van der Waals surface area contributed by atoms with Gasteiger partial charge in [-0.15, -0.1) is 0 Å². The molecule has 0 aliphatic heterocycles. The highest BCUT2D eigenvalue weighted by atomic mass is 14.7. The quantitative estimate of drug-likeness (QED) is 0.604. The molecule has 0 saturated heterocycles. The van der Waals surface area contributed by atoms with Gasteiger partial charge in [0.2, 0.25) is 0 Å². The summed E-state index contributed by atoms with van der Waals surface area (Å²) < 4.78 is 0. The van der Waals surface area contributed by atoms with Crippen molar-refractivity contribution in [1.29, 1.82) is 0 Å². The first kappa shape index (κ1) is 10.4. The summed E-state index contributed by atoms with van der Waals surface area (Å²) in [6.45, 7) is 1.97. The van der Waals surface area contributed by atoms with E-state index in [0.29, 0.717) is 0 Å². The van der Waals surface area contributed by atoms with Gasteiger partial charge in [0.05, 0.1) is 0 Å². The fraction of sp³-hybridized carbons (Fsp3) is 0.0714. The van der Waals surface area contributed by atoms with Gasteiger partial charge in [-0.2, -0.15) is 0 Å². The lowest BCUT2D eigenvalue weighted by Crippen LogP contribution is -1.72. The molecule has 0 atom stereocenters. The van der Waals surface area contributed by atoms with Gasteiger partial charge in [0, 0.05) is 23.6 Å². The third-order valence-corrected chi connectivity index (χ3v) is 2.28. The molecule has 0 bridgehead atoms. The van der Waals surface area contributed by atoms with Crippen molar-refractivity contribution >= 4 is 10.9 Å². The molecule has 0 unspecified atom stereocenters. The van der Waals surface area contributed by atoms with Crippen molar-refractivity contribution in [3.8, 4) is 0 Å². The number of aromatic nitrogens is 2. The number of nitrogens with one attached hydrogen (secondary N) is 1. The Morgan fingerprint density at radius 2 is 1.75 bits per heavy atom. The largest absolute Gasteiger partial charge is 0.361 e. The second-order valence-electron chi connectivity index (χ2n) is 3.54. The molecule has 2 nitrogen and oxygen atoms in total. The number of H-pyrrole nitrogens is 1. The van der Waals surface area contributed by atoms with E-state index in [9.17, 15) is 0 Å². The number of benzene rings is 1. The Hall–Kier alpha value is -2.09. The Morgan fingerprint density at radius 3 is 2.38 bits per heavy atom. The molecule has 3 rings (SSSR count). The smallest absolute Gasteiger partial charge is 0.0453 e. The molecule has 16 heavy (non-hydrogen) atoms. The zero-order valence-electron chi connectivity index (χ0n) is 9.22. The summed E-state index contributed by atoms with van der Waals surface area (Å²) >= 11 is 0. The van der Waals surface area contributed by atoms with Crippen LogP contribution in [-0.2, 0) is 0 Å². The predicted molar refractivity (Wildman–Crippen MR) is 67.3 cm³/mol. The van der Waals surface area contributed by atoms with Gasteiger partial charge in [-0.3, -0.25) is 4.98 Å². The Balaban J connectivity index is 0.000000125. The number of rotatable bonds is 0. The van der Waals surface area contributed by atoms with E-state index in [-0.39, 0.29) is 0 Å². The minimum absolute atomic E-state index is 1.07. The van der Waals surface area contributed by atoms with Crippen molar-refractivity contribution in [1.82, 2.24) is 9.97 Å². The van der Waals surface area contributed by atoms with Crippen LogP contribution in [0.15, 0.2) is 60.9 Å². The first-order valence-corrected chi connectivity index (χ1v) is 5.26. The lowest BCUT2D eigenvalue weighted by atomic mass is 10.3. The number of para-hydroxylation sites is 1. The van der Waals surface area contributed by atoms with E-state index in [2.05, 4.69) is 28.2 Å². The fourth-order valence-corrected chi connectivity index (χ4v) is 1.44. The number of fused-ring (bicyclic) bond motifs is 1. The molecule has 0 aliphatic rings. The molecule has 2 heteroatoms. The highest BCUT2D eigenvalue weighted by Gasteiger charge is 1.86. The maximum atomic E-state index is 3.98. The number of hydrogen-bond acceptors (Lipinski definition) is 1. The lowest BCUT2D eigenvalue weighted by molar-refractivity contribution is 1.20. The van der Waals surface area contributed by atoms with Crippen LogP contribution in [0.25, 0.3) is 10.9 Å².